The average Bonchev–Trinajstić information content (AvgIpc) is 2.80. The largest absolute Gasteiger partial charge is 0.457 e. The number of ether oxygens (including phenoxy) is 1. The molecule has 5 heteroatoms. The second-order valence-corrected chi connectivity index (χ2v) is 7.51. The molecular weight excluding hydrogens is 376 g/mol. The molecule has 4 rings (SSSR count). The van der Waals surface area contributed by atoms with Gasteiger partial charge in [-0.1, -0.05) is 30.3 Å². The van der Waals surface area contributed by atoms with Crippen molar-refractivity contribution in [3.63, 3.8) is 0 Å². The van der Waals surface area contributed by atoms with Crippen molar-refractivity contribution >= 4 is 11.6 Å². The Morgan fingerprint density at radius 2 is 1.53 bits per heavy atom. The van der Waals surface area contributed by atoms with E-state index < -0.39 is 0 Å². The number of amides is 1. The van der Waals surface area contributed by atoms with Gasteiger partial charge in [-0.15, -0.1) is 0 Å². The zero-order valence-corrected chi connectivity index (χ0v) is 16.8. The Labute approximate surface area is 176 Å². The molecule has 0 saturated carbocycles. The number of hydrogen-bond acceptors (Lipinski definition) is 4. The summed E-state index contributed by atoms with van der Waals surface area (Å²) in [6.07, 6.45) is 1.39. The van der Waals surface area contributed by atoms with Crippen LogP contribution in [0.1, 0.15) is 28.8 Å². The normalized spacial score (nSPS) is 14.4. The first kappa shape index (κ1) is 20.0. The summed E-state index contributed by atoms with van der Waals surface area (Å²) in [6, 6.07) is 25.0. The van der Waals surface area contributed by atoms with Crippen LogP contribution < -0.4 is 15.0 Å². The number of rotatable bonds is 6. The second-order valence-electron chi connectivity index (χ2n) is 7.51. The monoisotopic (exact) mass is 402 g/mol. The van der Waals surface area contributed by atoms with Crippen LogP contribution >= 0.6 is 0 Å². The first-order chi connectivity index (χ1) is 14.7. The number of carbonyl (C=O) groups excluding carboxylic acids is 1. The van der Waals surface area contributed by atoms with E-state index in [-0.39, 0.29) is 12.0 Å². The van der Waals surface area contributed by atoms with E-state index >= 15 is 0 Å². The molecule has 3 aromatic rings. The van der Waals surface area contributed by atoms with Gasteiger partial charge in [-0.25, -0.2) is 0 Å². The molecular formula is C25H26N2O3. The standard InChI is InChI=1S/C25H26N2O3/c28-22-14-16-27(17-15-22)21-10-8-20(9-11-21)25(29)26-18-19-6-12-24(13-7-19)30-23-4-2-1-3-5-23/h1-13,22,28H,14-18H2,(H,26,29). The van der Waals surface area contributed by atoms with Gasteiger partial charge >= 0.3 is 0 Å². The minimum Gasteiger partial charge on any atom is -0.457 e. The fourth-order valence-corrected chi connectivity index (χ4v) is 3.53. The summed E-state index contributed by atoms with van der Waals surface area (Å²) in [6.45, 7) is 2.14. The zero-order valence-electron chi connectivity index (χ0n) is 16.8. The van der Waals surface area contributed by atoms with E-state index in [1.165, 1.54) is 0 Å². The lowest BCUT2D eigenvalue weighted by Crippen LogP contribution is -2.35. The second kappa shape index (κ2) is 9.46. The highest BCUT2D eigenvalue weighted by Crippen LogP contribution is 2.22. The van der Waals surface area contributed by atoms with Gasteiger partial charge in [0.15, 0.2) is 0 Å². The van der Waals surface area contributed by atoms with Gasteiger partial charge in [0.05, 0.1) is 6.10 Å². The molecule has 1 aliphatic heterocycles. The Balaban J connectivity index is 1.29. The highest BCUT2D eigenvalue weighted by Gasteiger charge is 2.17. The molecule has 1 heterocycles. The predicted octanol–water partition coefficient (Wildman–Crippen LogP) is 4.37. The molecule has 1 fully saturated rings. The first-order valence-electron chi connectivity index (χ1n) is 10.3. The summed E-state index contributed by atoms with van der Waals surface area (Å²) < 4.78 is 5.79. The molecule has 2 N–H and O–H groups in total. The number of aliphatic hydroxyl groups excluding tert-OH is 1. The van der Waals surface area contributed by atoms with Crippen molar-refractivity contribution in [1.82, 2.24) is 5.32 Å². The maximum atomic E-state index is 12.5. The zero-order chi connectivity index (χ0) is 20.8. The molecule has 1 aliphatic rings. The van der Waals surface area contributed by atoms with Crippen molar-refractivity contribution in [3.05, 3.63) is 90.0 Å². The summed E-state index contributed by atoms with van der Waals surface area (Å²) in [5.41, 5.74) is 2.74. The Bertz CT molecular complexity index is 948. The number of piperidine rings is 1. The molecule has 0 aliphatic carbocycles. The topological polar surface area (TPSA) is 61.8 Å². The van der Waals surface area contributed by atoms with Gasteiger partial charge in [0.1, 0.15) is 11.5 Å². The number of anilines is 1. The Hall–Kier alpha value is -3.31. The molecule has 0 atom stereocenters. The van der Waals surface area contributed by atoms with Gasteiger partial charge in [0.25, 0.3) is 5.91 Å². The van der Waals surface area contributed by atoms with Crippen molar-refractivity contribution in [1.29, 1.82) is 0 Å². The molecule has 0 aromatic heterocycles. The maximum absolute atomic E-state index is 12.5. The van der Waals surface area contributed by atoms with Gasteiger partial charge in [-0.05, 0) is 66.9 Å². The van der Waals surface area contributed by atoms with Crippen LogP contribution in [0, 0.1) is 0 Å². The molecule has 0 spiro atoms. The molecule has 1 saturated heterocycles. The summed E-state index contributed by atoms with van der Waals surface area (Å²) in [7, 11) is 0. The lowest BCUT2D eigenvalue weighted by molar-refractivity contribution is 0.0951. The van der Waals surface area contributed by atoms with Gasteiger partial charge < -0.3 is 20.1 Å². The van der Waals surface area contributed by atoms with E-state index in [2.05, 4.69) is 10.2 Å². The summed E-state index contributed by atoms with van der Waals surface area (Å²) >= 11 is 0. The first-order valence-corrected chi connectivity index (χ1v) is 10.3. The van der Waals surface area contributed by atoms with E-state index in [4.69, 9.17) is 4.74 Å². The summed E-state index contributed by atoms with van der Waals surface area (Å²) in [5.74, 6) is 1.46. The average molecular weight is 402 g/mol. The predicted molar refractivity (Wildman–Crippen MR) is 118 cm³/mol. The number of benzene rings is 3. The van der Waals surface area contributed by atoms with E-state index in [1.54, 1.807) is 0 Å². The van der Waals surface area contributed by atoms with Crippen LogP contribution in [0.5, 0.6) is 11.5 Å². The van der Waals surface area contributed by atoms with Crippen LogP contribution in [0.4, 0.5) is 5.69 Å². The minimum atomic E-state index is -0.190. The van der Waals surface area contributed by atoms with E-state index in [9.17, 15) is 9.90 Å². The van der Waals surface area contributed by atoms with Crippen molar-refractivity contribution in [2.45, 2.75) is 25.5 Å². The van der Waals surface area contributed by atoms with Gasteiger partial charge in [0, 0.05) is 30.9 Å². The smallest absolute Gasteiger partial charge is 0.251 e. The molecule has 0 radical (unpaired) electrons. The van der Waals surface area contributed by atoms with Gasteiger partial charge in [0.2, 0.25) is 0 Å². The van der Waals surface area contributed by atoms with Crippen molar-refractivity contribution in [2.24, 2.45) is 0 Å². The molecule has 0 unspecified atom stereocenters. The molecule has 30 heavy (non-hydrogen) atoms. The number of carbonyl (C=O) groups is 1. The Kier molecular flexibility index (Phi) is 6.30. The Morgan fingerprint density at radius 3 is 2.20 bits per heavy atom. The van der Waals surface area contributed by atoms with Gasteiger partial charge in [-0.3, -0.25) is 4.79 Å². The Morgan fingerprint density at radius 1 is 0.900 bits per heavy atom. The third kappa shape index (κ3) is 5.19. The third-order valence-electron chi connectivity index (χ3n) is 5.31. The quantitative estimate of drug-likeness (QED) is 0.643. The lowest BCUT2D eigenvalue weighted by atomic mass is 10.1. The number of aliphatic hydroxyl groups is 1. The third-order valence-corrected chi connectivity index (χ3v) is 5.31. The number of nitrogens with zero attached hydrogens (tertiary/aromatic N) is 1. The number of hydrogen-bond donors (Lipinski definition) is 2. The SMILES string of the molecule is O=C(NCc1ccc(Oc2ccccc2)cc1)c1ccc(N2CCC(O)CC2)cc1. The van der Waals surface area contributed by atoms with Crippen molar-refractivity contribution in [2.75, 3.05) is 18.0 Å². The van der Waals surface area contributed by atoms with E-state index in [0.29, 0.717) is 12.1 Å². The highest BCUT2D eigenvalue weighted by atomic mass is 16.5. The number of nitrogens with one attached hydrogen (secondary N) is 1. The molecule has 3 aromatic carbocycles. The van der Waals surface area contributed by atoms with Crippen molar-refractivity contribution in [3.8, 4) is 11.5 Å². The van der Waals surface area contributed by atoms with Crippen LogP contribution in [-0.4, -0.2) is 30.2 Å². The summed E-state index contributed by atoms with van der Waals surface area (Å²) in [5, 5.41) is 12.6. The van der Waals surface area contributed by atoms with Crippen LogP contribution in [0.25, 0.3) is 0 Å². The van der Waals surface area contributed by atoms with Crippen LogP contribution in [0.3, 0.4) is 0 Å². The van der Waals surface area contributed by atoms with E-state index in [1.807, 2.05) is 78.9 Å². The van der Waals surface area contributed by atoms with E-state index in [0.717, 1.165) is 48.7 Å². The lowest BCUT2D eigenvalue weighted by Gasteiger charge is -2.31. The fraction of sp³-hybridized carbons (Fsp3) is 0.240. The maximum Gasteiger partial charge on any atom is 0.251 e. The molecule has 5 nitrogen and oxygen atoms in total. The molecule has 0 bridgehead atoms. The molecule has 154 valence electrons. The van der Waals surface area contributed by atoms with Crippen LogP contribution in [0.2, 0.25) is 0 Å². The number of para-hydroxylation sites is 1. The van der Waals surface area contributed by atoms with Gasteiger partial charge in [-0.2, -0.15) is 0 Å². The highest BCUT2D eigenvalue weighted by molar-refractivity contribution is 5.94. The minimum absolute atomic E-state index is 0.0970. The van der Waals surface area contributed by atoms with Crippen LogP contribution in [0.15, 0.2) is 78.9 Å². The van der Waals surface area contributed by atoms with Crippen molar-refractivity contribution < 1.29 is 14.6 Å². The fourth-order valence-electron chi connectivity index (χ4n) is 3.53. The molecule has 1 amide bonds. The summed E-state index contributed by atoms with van der Waals surface area (Å²) in [4.78, 5) is 14.7. The van der Waals surface area contributed by atoms with Crippen LogP contribution in [-0.2, 0) is 6.54 Å².